The summed E-state index contributed by atoms with van der Waals surface area (Å²) < 4.78 is 5.18. The van der Waals surface area contributed by atoms with E-state index >= 15 is 0 Å². The fourth-order valence-electron chi connectivity index (χ4n) is 7.98. The van der Waals surface area contributed by atoms with Gasteiger partial charge in [0.1, 0.15) is 0 Å². The number of carbonyl (C=O) groups is 2. The number of carbonyl (C=O) groups excluding carboxylic acids is 2. The summed E-state index contributed by atoms with van der Waals surface area (Å²) in [5.41, 5.74) is 12.5. The number of methoxy groups -OCH3 is 1. The van der Waals surface area contributed by atoms with Crippen molar-refractivity contribution < 1.29 is 55.2 Å². The molecule has 1 unspecified atom stereocenters. The third-order valence-corrected chi connectivity index (χ3v) is 11.2. The van der Waals surface area contributed by atoms with Crippen LogP contribution in [0, 0.1) is 23.7 Å². The second kappa shape index (κ2) is 20.6. The van der Waals surface area contributed by atoms with Gasteiger partial charge in [0, 0.05) is 84.5 Å². The SMILES string of the molecule is CC[C@H]1C2=CC3=NC(=C(CC(=O)OC)C4=NC(=CC5=C(C)/C(=C(/C)[O-])C(=N5)C=C(N2)[C@@H]1C)[C@@H](C)[C@@H]4CCC(=O)NCCNCCN)C(C([O-])=NCC(O)CO)=C3C.[Pd+2]. The number of fused-ring (bicyclic) bond motifs is 5. The zero-order valence-corrected chi connectivity index (χ0v) is 35.9. The van der Waals surface area contributed by atoms with Gasteiger partial charge in [0.15, 0.2) is 0 Å². The predicted octanol–water partition coefficient (Wildman–Crippen LogP) is 1.13. The molecule has 5 heterocycles. The summed E-state index contributed by atoms with van der Waals surface area (Å²) in [6.45, 7) is 12.6. The van der Waals surface area contributed by atoms with E-state index in [-0.39, 0.29) is 80.5 Å². The first kappa shape index (κ1) is 46.4. The number of aliphatic hydroxyl groups is 2. The molecule has 316 valence electrons. The summed E-state index contributed by atoms with van der Waals surface area (Å²) in [5.74, 6) is -2.15. The Morgan fingerprint density at radius 1 is 1.02 bits per heavy atom. The molecule has 1 saturated heterocycles. The van der Waals surface area contributed by atoms with Gasteiger partial charge in [-0.05, 0) is 67.5 Å². The van der Waals surface area contributed by atoms with E-state index in [9.17, 15) is 30.0 Å². The van der Waals surface area contributed by atoms with Crippen molar-refractivity contribution in [2.45, 2.75) is 73.3 Å². The summed E-state index contributed by atoms with van der Waals surface area (Å²) in [4.78, 5) is 45.8. The van der Waals surface area contributed by atoms with Crippen molar-refractivity contribution in [3.05, 3.63) is 80.3 Å². The molecule has 0 aromatic heterocycles. The number of ether oxygens (including phenoxy) is 1. The van der Waals surface area contributed by atoms with E-state index in [4.69, 9.17) is 25.4 Å². The first-order valence-corrected chi connectivity index (χ1v) is 19.7. The molecule has 58 heavy (non-hydrogen) atoms. The molecule has 7 N–H and O–H groups in total. The van der Waals surface area contributed by atoms with E-state index < -0.39 is 30.5 Å². The molecule has 5 atom stereocenters. The quantitative estimate of drug-likeness (QED) is 0.0342. The van der Waals surface area contributed by atoms with E-state index in [0.29, 0.717) is 83.4 Å². The predicted molar refractivity (Wildman–Crippen MR) is 217 cm³/mol. The normalized spacial score (nSPS) is 24.3. The Hall–Kier alpha value is -4.30. The number of hydrogen-bond acceptors (Lipinski definition) is 14. The molecule has 16 heteroatoms. The summed E-state index contributed by atoms with van der Waals surface area (Å²) in [6.07, 6.45) is 5.44. The molecular weight excluding hydrogens is 835 g/mol. The molecule has 1 amide bonds. The van der Waals surface area contributed by atoms with Crippen LogP contribution in [0.3, 0.4) is 0 Å². The van der Waals surface area contributed by atoms with Crippen molar-refractivity contribution in [2.75, 3.05) is 46.4 Å². The van der Waals surface area contributed by atoms with E-state index in [1.807, 2.05) is 32.1 Å². The van der Waals surface area contributed by atoms with Crippen LogP contribution in [0.5, 0.6) is 0 Å². The van der Waals surface area contributed by atoms with E-state index in [1.165, 1.54) is 14.0 Å². The number of aliphatic imine (C=N–C) groups is 4. The zero-order valence-electron chi connectivity index (χ0n) is 34.3. The number of nitrogens with two attached hydrogens (primary N) is 1. The number of rotatable bonds is 15. The number of hydrogen-bond donors (Lipinski definition) is 6. The average molecular weight is 891 g/mol. The average Bonchev–Trinajstić information content (AvgIpc) is 3.87. The van der Waals surface area contributed by atoms with Crippen LogP contribution >= 0.6 is 0 Å². The molecule has 0 aliphatic carbocycles. The van der Waals surface area contributed by atoms with Crippen LogP contribution in [0.15, 0.2) is 100 Å². The maximum atomic E-state index is 14.1. The van der Waals surface area contributed by atoms with Crippen LogP contribution in [0.25, 0.3) is 0 Å². The molecule has 5 aliphatic rings. The fourth-order valence-corrected chi connectivity index (χ4v) is 7.98. The number of nitrogens with zero attached hydrogens (tertiary/aromatic N) is 4. The van der Waals surface area contributed by atoms with E-state index in [0.717, 1.165) is 17.8 Å². The Labute approximate surface area is 354 Å². The maximum Gasteiger partial charge on any atom is 2.00 e. The third-order valence-electron chi connectivity index (χ3n) is 11.2. The van der Waals surface area contributed by atoms with Crippen molar-refractivity contribution >= 4 is 34.9 Å². The van der Waals surface area contributed by atoms with Crippen LogP contribution in [-0.2, 0) is 34.7 Å². The maximum absolute atomic E-state index is 14.1. The van der Waals surface area contributed by atoms with Gasteiger partial charge < -0.3 is 46.8 Å². The van der Waals surface area contributed by atoms with Crippen molar-refractivity contribution in [1.82, 2.24) is 16.0 Å². The minimum atomic E-state index is -1.24. The van der Waals surface area contributed by atoms with Crippen molar-refractivity contribution in [3.63, 3.8) is 0 Å². The number of nitrogens with one attached hydrogen (secondary N) is 3. The minimum absolute atomic E-state index is 0. The van der Waals surface area contributed by atoms with Crippen molar-refractivity contribution in [3.8, 4) is 0 Å². The second-order valence-corrected chi connectivity index (χ2v) is 15.0. The van der Waals surface area contributed by atoms with Crippen LogP contribution in [0.4, 0.5) is 0 Å². The molecular formula is C42H56N8O7Pd. The molecule has 1 fully saturated rings. The molecule has 0 saturated carbocycles. The summed E-state index contributed by atoms with van der Waals surface area (Å²) in [5, 5.41) is 56.4. The summed E-state index contributed by atoms with van der Waals surface area (Å²) >= 11 is 0. The summed E-state index contributed by atoms with van der Waals surface area (Å²) in [6, 6.07) is 0. The fraction of sp³-hybridized carbons (Fsp3) is 0.524. The third kappa shape index (κ3) is 10.1. The molecule has 5 rings (SSSR count). The topological polar surface area (TPSA) is 242 Å². The van der Waals surface area contributed by atoms with Crippen LogP contribution < -0.4 is 31.9 Å². The number of allylic oxidation sites excluding steroid dienone is 10. The second-order valence-electron chi connectivity index (χ2n) is 15.0. The van der Waals surface area contributed by atoms with Gasteiger partial charge in [0.2, 0.25) is 5.91 Å². The molecule has 0 aromatic carbocycles. The molecule has 15 nitrogen and oxygen atoms in total. The van der Waals surface area contributed by atoms with Crippen molar-refractivity contribution in [1.29, 1.82) is 0 Å². The van der Waals surface area contributed by atoms with Gasteiger partial charge in [-0.2, -0.15) is 0 Å². The van der Waals surface area contributed by atoms with Gasteiger partial charge >= 0.3 is 26.4 Å². The van der Waals surface area contributed by atoms with E-state index in [1.54, 1.807) is 6.92 Å². The molecule has 0 radical (unpaired) electrons. The Morgan fingerprint density at radius 3 is 2.40 bits per heavy atom. The van der Waals surface area contributed by atoms with E-state index in [2.05, 4.69) is 34.8 Å². The minimum Gasteiger partial charge on any atom is -0.875 e. The Kier molecular flexibility index (Phi) is 16.5. The van der Waals surface area contributed by atoms with Gasteiger partial charge in [0.25, 0.3) is 0 Å². The number of aliphatic hydroxyl groups excluding tert-OH is 2. The first-order chi connectivity index (χ1) is 27.2. The van der Waals surface area contributed by atoms with Gasteiger partial charge in [-0.3, -0.25) is 19.6 Å². The number of esters is 1. The van der Waals surface area contributed by atoms with Gasteiger partial charge in [0.05, 0.1) is 61.3 Å². The molecule has 8 bridgehead atoms. The van der Waals surface area contributed by atoms with Crippen LogP contribution in [-0.4, -0.2) is 97.7 Å². The standard InChI is InChI=1S/C42H58N8O7.Pd/c1-8-27-21(2)30-18-35-38(25(6)52)23(4)32(48-35)16-31-22(3)28(9-10-36(54)45-14-13-44-12-11-43)40(49-31)29(15-37(55)57-7)41-39(42(56)46-19-26(53)20-51)24(5)33(50-41)17-34(27)47-30;/h16-18,21-22,26-28,44,47,51-53H,8-15,19-20,43H2,1-7H3,(H,45,54)(H,46,56);/q;+2/p-2/b30-18?,31-16?,34-17?,38-25+,41-29?;/t21-,22+,26?,27-,28+;/m1./s1. The largest absolute Gasteiger partial charge is 2.00 e. The van der Waals surface area contributed by atoms with Crippen LogP contribution in [0.2, 0.25) is 0 Å². The smallest absolute Gasteiger partial charge is 0.875 e. The molecule has 0 aromatic rings. The molecule has 5 aliphatic heterocycles. The Morgan fingerprint density at radius 2 is 1.74 bits per heavy atom. The zero-order chi connectivity index (χ0) is 41.6. The molecule has 0 spiro atoms. The Balaban J connectivity index is 0.00000744. The number of amides is 1. The summed E-state index contributed by atoms with van der Waals surface area (Å²) in [7, 11) is 1.28. The first-order valence-electron chi connectivity index (χ1n) is 19.7. The van der Waals surface area contributed by atoms with Gasteiger partial charge in [-0.1, -0.05) is 27.7 Å². The van der Waals surface area contributed by atoms with Crippen molar-refractivity contribution in [2.24, 2.45) is 49.4 Å². The monoisotopic (exact) mass is 890 g/mol. The van der Waals surface area contributed by atoms with Gasteiger partial charge in [-0.15, -0.1) is 5.76 Å². The van der Waals surface area contributed by atoms with Gasteiger partial charge in [-0.25, -0.2) is 9.98 Å². The van der Waals surface area contributed by atoms with Crippen LogP contribution in [0.1, 0.15) is 67.2 Å². The Bertz CT molecular complexity index is 2000.